The molecule has 0 radical (unpaired) electrons. The van der Waals surface area contributed by atoms with Crippen molar-refractivity contribution < 1.29 is 14.7 Å². The summed E-state index contributed by atoms with van der Waals surface area (Å²) < 4.78 is 1.80. The number of nitrogens with zero attached hydrogens (tertiary/aromatic N) is 4. The summed E-state index contributed by atoms with van der Waals surface area (Å²) in [5.74, 6) is -0.0990. The van der Waals surface area contributed by atoms with Gasteiger partial charge in [-0.05, 0) is 39.5 Å². The maximum atomic E-state index is 13.1. The number of amides is 2. The number of β-amino-alcohol motifs (C(OH)–C–C–N with tert-alkyl or cyclic N) is 1. The molecule has 7 nitrogen and oxygen atoms in total. The van der Waals surface area contributed by atoms with Crippen molar-refractivity contribution in [2.24, 2.45) is 0 Å². The number of rotatable bonds is 4. The zero-order chi connectivity index (χ0) is 17.3. The first-order valence-electron chi connectivity index (χ1n) is 8.79. The minimum absolute atomic E-state index is 0.00538. The Kier molecular flexibility index (Phi) is 4.62. The van der Waals surface area contributed by atoms with E-state index < -0.39 is 5.54 Å². The van der Waals surface area contributed by atoms with Gasteiger partial charge in [-0.3, -0.25) is 14.3 Å². The lowest BCUT2D eigenvalue weighted by molar-refractivity contribution is -0.146. The van der Waals surface area contributed by atoms with E-state index in [4.69, 9.17) is 0 Å². The van der Waals surface area contributed by atoms with Crippen molar-refractivity contribution in [2.45, 2.75) is 51.6 Å². The summed E-state index contributed by atoms with van der Waals surface area (Å²) in [4.78, 5) is 29.6. The molecular weight excluding hydrogens is 308 g/mol. The van der Waals surface area contributed by atoms with Crippen LogP contribution in [0.1, 0.15) is 48.7 Å². The van der Waals surface area contributed by atoms with Crippen LogP contribution in [0.3, 0.4) is 0 Å². The lowest BCUT2D eigenvalue weighted by Gasteiger charge is -2.44. The molecule has 2 fully saturated rings. The van der Waals surface area contributed by atoms with E-state index in [1.54, 1.807) is 20.7 Å². The number of piperidine rings is 1. The maximum absolute atomic E-state index is 13.1. The Labute approximate surface area is 142 Å². The molecule has 2 saturated heterocycles. The van der Waals surface area contributed by atoms with Crippen LogP contribution in [-0.4, -0.2) is 68.3 Å². The predicted octanol–water partition coefficient (Wildman–Crippen LogP) is 0.801. The second kappa shape index (κ2) is 6.55. The molecule has 2 aliphatic rings. The fraction of sp³-hybridized carbons (Fsp3) is 0.706. The SMILES string of the molecule is CCn1ncc(C(=O)N2CCCC23CCCN(CCO)C3=O)c1C. The van der Waals surface area contributed by atoms with Crippen LogP contribution in [0.15, 0.2) is 6.20 Å². The van der Waals surface area contributed by atoms with Gasteiger partial charge in [0.15, 0.2) is 0 Å². The standard InChI is InChI=1S/C17H26N4O3/c1-3-21-13(2)14(12-18-21)15(23)20-9-5-7-17(20)6-4-8-19(10-11-22)16(17)24/h12,22H,3-11H2,1-2H3. The number of likely N-dealkylation sites (tertiary alicyclic amines) is 2. The monoisotopic (exact) mass is 334 g/mol. The molecule has 3 rings (SSSR count). The molecular formula is C17H26N4O3. The van der Waals surface area contributed by atoms with Gasteiger partial charge < -0.3 is 14.9 Å². The Morgan fingerprint density at radius 2 is 2.04 bits per heavy atom. The number of aryl methyl sites for hydroxylation is 1. The first kappa shape index (κ1) is 17.0. The highest BCUT2D eigenvalue weighted by Crippen LogP contribution is 2.39. The zero-order valence-electron chi connectivity index (χ0n) is 14.5. The third-order valence-corrected chi connectivity index (χ3v) is 5.44. The minimum Gasteiger partial charge on any atom is -0.395 e. The number of hydrogen-bond acceptors (Lipinski definition) is 4. The first-order valence-corrected chi connectivity index (χ1v) is 8.79. The summed E-state index contributed by atoms with van der Waals surface area (Å²) in [6, 6.07) is 0. The van der Waals surface area contributed by atoms with Crippen LogP contribution in [0.5, 0.6) is 0 Å². The molecule has 24 heavy (non-hydrogen) atoms. The topological polar surface area (TPSA) is 78.7 Å². The van der Waals surface area contributed by atoms with Crippen molar-refractivity contribution in [2.75, 3.05) is 26.2 Å². The maximum Gasteiger partial charge on any atom is 0.258 e. The highest BCUT2D eigenvalue weighted by atomic mass is 16.3. The minimum atomic E-state index is -0.731. The van der Waals surface area contributed by atoms with Gasteiger partial charge in [0.2, 0.25) is 5.91 Å². The van der Waals surface area contributed by atoms with Gasteiger partial charge in [-0.1, -0.05) is 0 Å². The van der Waals surface area contributed by atoms with E-state index in [2.05, 4.69) is 5.10 Å². The van der Waals surface area contributed by atoms with Gasteiger partial charge in [0, 0.05) is 31.9 Å². The van der Waals surface area contributed by atoms with Gasteiger partial charge in [-0.25, -0.2) is 0 Å². The van der Waals surface area contributed by atoms with Crippen molar-refractivity contribution >= 4 is 11.8 Å². The fourth-order valence-electron chi connectivity index (χ4n) is 4.18. The Hall–Kier alpha value is -1.89. The molecule has 2 amide bonds. The molecule has 0 aliphatic carbocycles. The van der Waals surface area contributed by atoms with Crippen LogP contribution in [0.2, 0.25) is 0 Å². The molecule has 132 valence electrons. The zero-order valence-corrected chi connectivity index (χ0v) is 14.5. The van der Waals surface area contributed by atoms with Crippen LogP contribution in [0, 0.1) is 6.92 Å². The van der Waals surface area contributed by atoms with Crippen LogP contribution >= 0.6 is 0 Å². The average molecular weight is 334 g/mol. The second-order valence-electron chi connectivity index (χ2n) is 6.67. The second-order valence-corrected chi connectivity index (χ2v) is 6.67. The van der Waals surface area contributed by atoms with E-state index in [1.165, 1.54) is 0 Å². The number of carbonyl (C=O) groups excluding carboxylic acids is 2. The van der Waals surface area contributed by atoms with Gasteiger partial charge in [0.1, 0.15) is 5.54 Å². The van der Waals surface area contributed by atoms with Gasteiger partial charge in [0.25, 0.3) is 5.91 Å². The molecule has 2 aliphatic heterocycles. The van der Waals surface area contributed by atoms with Gasteiger partial charge in [0.05, 0.1) is 18.4 Å². The van der Waals surface area contributed by atoms with E-state index in [0.717, 1.165) is 18.5 Å². The average Bonchev–Trinajstić information content (AvgIpc) is 3.16. The third-order valence-electron chi connectivity index (χ3n) is 5.44. The molecule has 1 unspecified atom stereocenters. The molecule has 1 atom stereocenters. The summed E-state index contributed by atoms with van der Waals surface area (Å²) in [5.41, 5.74) is 0.705. The van der Waals surface area contributed by atoms with Crippen LogP contribution in [0.25, 0.3) is 0 Å². The molecule has 3 heterocycles. The molecule has 7 heteroatoms. The van der Waals surface area contributed by atoms with Crippen molar-refractivity contribution in [1.29, 1.82) is 0 Å². The quantitative estimate of drug-likeness (QED) is 0.883. The number of aliphatic hydroxyl groups excluding tert-OH is 1. The molecule has 1 N–H and O–H groups in total. The van der Waals surface area contributed by atoms with Crippen molar-refractivity contribution in [3.05, 3.63) is 17.5 Å². The number of hydrogen-bond donors (Lipinski definition) is 1. The highest BCUT2D eigenvalue weighted by Gasteiger charge is 2.52. The molecule has 0 bridgehead atoms. The van der Waals surface area contributed by atoms with E-state index >= 15 is 0 Å². The summed E-state index contributed by atoms with van der Waals surface area (Å²) in [6.07, 6.45) is 4.74. The first-order chi connectivity index (χ1) is 11.5. The van der Waals surface area contributed by atoms with Gasteiger partial charge in [-0.15, -0.1) is 0 Å². The summed E-state index contributed by atoms with van der Waals surface area (Å²) in [7, 11) is 0. The fourth-order valence-corrected chi connectivity index (χ4v) is 4.18. The van der Waals surface area contributed by atoms with E-state index in [0.29, 0.717) is 44.6 Å². The predicted molar refractivity (Wildman–Crippen MR) is 88.5 cm³/mol. The third kappa shape index (κ3) is 2.51. The van der Waals surface area contributed by atoms with Crippen LogP contribution in [0.4, 0.5) is 0 Å². The smallest absolute Gasteiger partial charge is 0.258 e. The summed E-state index contributed by atoms with van der Waals surface area (Å²) in [6.45, 7) is 6.17. The Morgan fingerprint density at radius 3 is 2.67 bits per heavy atom. The van der Waals surface area contributed by atoms with E-state index in [-0.39, 0.29) is 18.4 Å². The number of carbonyl (C=O) groups is 2. The lowest BCUT2D eigenvalue weighted by atomic mass is 9.85. The number of aliphatic hydroxyl groups is 1. The number of aromatic nitrogens is 2. The van der Waals surface area contributed by atoms with E-state index in [1.807, 2.05) is 13.8 Å². The Balaban J connectivity index is 1.90. The largest absolute Gasteiger partial charge is 0.395 e. The molecule has 0 saturated carbocycles. The van der Waals surface area contributed by atoms with Crippen LogP contribution in [-0.2, 0) is 11.3 Å². The van der Waals surface area contributed by atoms with Crippen molar-refractivity contribution in [3.8, 4) is 0 Å². The molecule has 0 aromatic carbocycles. The van der Waals surface area contributed by atoms with Crippen molar-refractivity contribution in [3.63, 3.8) is 0 Å². The Bertz CT molecular complexity index is 640. The van der Waals surface area contributed by atoms with E-state index in [9.17, 15) is 14.7 Å². The Morgan fingerprint density at radius 1 is 1.33 bits per heavy atom. The van der Waals surface area contributed by atoms with Crippen molar-refractivity contribution in [1.82, 2.24) is 19.6 Å². The molecule has 1 aromatic heterocycles. The van der Waals surface area contributed by atoms with Gasteiger partial charge in [-0.2, -0.15) is 5.10 Å². The van der Waals surface area contributed by atoms with Gasteiger partial charge >= 0.3 is 0 Å². The lowest BCUT2D eigenvalue weighted by Crippen LogP contribution is -2.61. The molecule has 1 spiro atoms. The summed E-state index contributed by atoms with van der Waals surface area (Å²) in [5, 5.41) is 13.5. The normalized spacial score (nSPS) is 24.2. The molecule has 1 aromatic rings. The summed E-state index contributed by atoms with van der Waals surface area (Å²) >= 11 is 0. The van der Waals surface area contributed by atoms with Crippen LogP contribution < -0.4 is 0 Å². The highest BCUT2D eigenvalue weighted by molar-refractivity contribution is 6.00.